The van der Waals surface area contributed by atoms with Gasteiger partial charge in [-0.05, 0) is 56.8 Å². The lowest BCUT2D eigenvalue weighted by Crippen LogP contribution is -2.29. The minimum absolute atomic E-state index is 0.0562. The number of hydrazine groups is 1. The standard InChI is InChI=1S/C20H33N7O.C6H5Cl/c1-5-7-19(25-26-21-3)13-22-15(2)23-17-8-6-9-18(12-17)24-20(28)16-10-11-27(4)14-16;7-6-4-2-1-3-5-6/h6,8-9,12,16,21-23,26H,2,5,7,10-11,13-14H2,1,3-4H3,(H,24,28);1-5H/b25-19+;. The second-order valence-electron chi connectivity index (χ2n) is 8.36. The Bertz CT molecular complexity index is 952. The van der Waals surface area contributed by atoms with Gasteiger partial charge in [-0.3, -0.25) is 4.79 Å². The molecule has 0 radical (unpaired) electrons. The highest BCUT2D eigenvalue weighted by atomic mass is 35.5. The molecule has 0 aromatic heterocycles. The highest BCUT2D eigenvalue weighted by Crippen LogP contribution is 2.20. The molecule has 1 amide bonds. The van der Waals surface area contributed by atoms with Crippen molar-refractivity contribution in [2.75, 3.05) is 44.4 Å². The lowest BCUT2D eigenvalue weighted by Gasteiger charge is -2.15. The fourth-order valence-electron chi connectivity index (χ4n) is 3.52. The Labute approximate surface area is 214 Å². The number of nitrogens with one attached hydrogen (secondary N) is 5. The molecule has 1 fully saturated rings. The number of anilines is 2. The molecule has 1 saturated heterocycles. The lowest BCUT2D eigenvalue weighted by atomic mass is 10.1. The first kappa shape index (κ1) is 28.2. The Morgan fingerprint density at radius 2 is 1.86 bits per heavy atom. The highest BCUT2D eigenvalue weighted by molar-refractivity contribution is 6.30. The van der Waals surface area contributed by atoms with Crippen LogP contribution in [-0.4, -0.2) is 50.2 Å². The van der Waals surface area contributed by atoms with Crippen molar-refractivity contribution in [1.82, 2.24) is 21.2 Å². The van der Waals surface area contributed by atoms with Crippen LogP contribution in [0.2, 0.25) is 5.02 Å². The SMILES string of the molecule is C=C(NC/C(CCC)=N/NNC)Nc1cccc(NC(=O)C2CCN(C)C2)c1.Clc1ccccc1. The summed E-state index contributed by atoms with van der Waals surface area (Å²) in [7, 11) is 3.82. The van der Waals surface area contributed by atoms with E-state index in [0.29, 0.717) is 12.4 Å². The van der Waals surface area contributed by atoms with Crippen molar-refractivity contribution in [1.29, 1.82) is 0 Å². The monoisotopic (exact) mass is 499 g/mol. The van der Waals surface area contributed by atoms with Crippen molar-refractivity contribution >= 4 is 34.6 Å². The van der Waals surface area contributed by atoms with Gasteiger partial charge in [0.25, 0.3) is 0 Å². The zero-order valence-electron chi connectivity index (χ0n) is 20.9. The number of hydrogen-bond donors (Lipinski definition) is 5. The number of hydrogen-bond acceptors (Lipinski definition) is 7. The van der Waals surface area contributed by atoms with Gasteiger partial charge in [0.1, 0.15) is 0 Å². The molecule has 3 rings (SSSR count). The van der Waals surface area contributed by atoms with Gasteiger partial charge < -0.3 is 20.9 Å². The maximum atomic E-state index is 12.4. The molecule has 1 aliphatic heterocycles. The summed E-state index contributed by atoms with van der Waals surface area (Å²) in [5, 5.41) is 14.6. The largest absolute Gasteiger partial charge is 0.367 e. The Kier molecular flexibility index (Phi) is 12.7. The van der Waals surface area contributed by atoms with E-state index in [0.717, 1.165) is 54.5 Å². The maximum absolute atomic E-state index is 12.4. The molecule has 5 N–H and O–H groups in total. The molecule has 2 aromatic carbocycles. The second-order valence-corrected chi connectivity index (χ2v) is 8.80. The van der Waals surface area contributed by atoms with Gasteiger partial charge in [0.05, 0.1) is 24.0 Å². The summed E-state index contributed by atoms with van der Waals surface area (Å²) in [5.74, 6) is 0.811. The van der Waals surface area contributed by atoms with E-state index in [-0.39, 0.29) is 11.8 Å². The van der Waals surface area contributed by atoms with E-state index >= 15 is 0 Å². The van der Waals surface area contributed by atoms with Crippen molar-refractivity contribution in [3.63, 3.8) is 0 Å². The summed E-state index contributed by atoms with van der Waals surface area (Å²) in [6, 6.07) is 17.1. The van der Waals surface area contributed by atoms with Crippen molar-refractivity contribution in [3.8, 4) is 0 Å². The van der Waals surface area contributed by atoms with Crippen molar-refractivity contribution in [2.45, 2.75) is 26.2 Å². The van der Waals surface area contributed by atoms with E-state index in [4.69, 9.17) is 11.6 Å². The predicted octanol–water partition coefficient (Wildman–Crippen LogP) is 4.27. The Morgan fingerprint density at radius 1 is 1.14 bits per heavy atom. The van der Waals surface area contributed by atoms with Gasteiger partial charge in [0, 0.05) is 30.0 Å². The molecule has 1 unspecified atom stereocenters. The molecule has 0 bridgehead atoms. The third-order valence-electron chi connectivity index (χ3n) is 5.29. The molecule has 1 heterocycles. The Hall–Kier alpha value is -3.07. The number of halogens is 1. The predicted molar refractivity (Wildman–Crippen MR) is 147 cm³/mol. The van der Waals surface area contributed by atoms with Crippen LogP contribution in [0.5, 0.6) is 0 Å². The lowest BCUT2D eigenvalue weighted by molar-refractivity contribution is -0.119. The first-order valence-corrected chi connectivity index (χ1v) is 12.3. The molecule has 1 aliphatic rings. The van der Waals surface area contributed by atoms with Crippen LogP contribution < -0.4 is 26.9 Å². The molecule has 35 heavy (non-hydrogen) atoms. The first-order valence-electron chi connectivity index (χ1n) is 11.9. The smallest absolute Gasteiger partial charge is 0.228 e. The summed E-state index contributed by atoms with van der Waals surface area (Å²) in [6.45, 7) is 8.52. The number of likely N-dealkylation sites (tertiary alicyclic amines) is 1. The normalized spacial score (nSPS) is 15.5. The highest BCUT2D eigenvalue weighted by Gasteiger charge is 2.26. The molecule has 8 nitrogen and oxygen atoms in total. The Balaban J connectivity index is 0.000000527. The van der Waals surface area contributed by atoms with Crippen LogP contribution in [0.1, 0.15) is 26.2 Å². The fourth-order valence-corrected chi connectivity index (χ4v) is 3.66. The number of carbonyl (C=O) groups is 1. The van der Waals surface area contributed by atoms with Gasteiger partial charge in [-0.1, -0.05) is 55.8 Å². The molecule has 0 saturated carbocycles. The number of carbonyl (C=O) groups excluding carboxylic acids is 1. The van der Waals surface area contributed by atoms with Crippen LogP contribution in [-0.2, 0) is 4.79 Å². The average molecular weight is 500 g/mol. The quantitative estimate of drug-likeness (QED) is 0.234. The average Bonchev–Trinajstić information content (AvgIpc) is 3.28. The van der Waals surface area contributed by atoms with Crippen LogP contribution >= 0.6 is 11.6 Å². The molecule has 0 spiro atoms. The molecule has 0 aliphatic carbocycles. The van der Waals surface area contributed by atoms with E-state index in [1.165, 1.54) is 0 Å². The van der Waals surface area contributed by atoms with Crippen LogP contribution in [0.15, 0.2) is 72.1 Å². The molecule has 190 valence electrons. The summed E-state index contributed by atoms with van der Waals surface area (Å²) in [5.41, 5.74) is 8.20. The maximum Gasteiger partial charge on any atom is 0.228 e. The van der Waals surface area contributed by atoms with E-state index in [1.807, 2.05) is 61.6 Å². The van der Waals surface area contributed by atoms with Gasteiger partial charge >= 0.3 is 0 Å². The zero-order valence-corrected chi connectivity index (χ0v) is 21.7. The minimum atomic E-state index is 0.0562. The van der Waals surface area contributed by atoms with Crippen LogP contribution in [0, 0.1) is 5.92 Å². The molecular weight excluding hydrogens is 462 g/mol. The topological polar surface area (TPSA) is 92.8 Å². The third-order valence-corrected chi connectivity index (χ3v) is 5.54. The van der Waals surface area contributed by atoms with Gasteiger partial charge in [-0.15, -0.1) is 0 Å². The number of hydrazone groups is 1. The summed E-state index contributed by atoms with van der Waals surface area (Å²) in [6.07, 6.45) is 2.82. The molecule has 9 heteroatoms. The van der Waals surface area contributed by atoms with Gasteiger partial charge in [-0.25, -0.2) is 11.0 Å². The number of benzene rings is 2. The second kappa shape index (κ2) is 15.8. The number of nitrogens with zero attached hydrogens (tertiary/aromatic N) is 2. The number of amides is 1. The van der Waals surface area contributed by atoms with E-state index in [9.17, 15) is 4.79 Å². The zero-order chi connectivity index (χ0) is 25.5. The van der Waals surface area contributed by atoms with E-state index in [1.54, 1.807) is 7.05 Å². The summed E-state index contributed by atoms with van der Waals surface area (Å²) in [4.78, 5) is 14.6. The minimum Gasteiger partial charge on any atom is -0.367 e. The van der Waals surface area contributed by atoms with Gasteiger partial charge in [0.15, 0.2) is 0 Å². The molecule has 2 aromatic rings. The summed E-state index contributed by atoms with van der Waals surface area (Å²) >= 11 is 5.54. The summed E-state index contributed by atoms with van der Waals surface area (Å²) < 4.78 is 0. The Morgan fingerprint density at radius 3 is 2.43 bits per heavy atom. The van der Waals surface area contributed by atoms with Crippen molar-refractivity contribution in [3.05, 3.63) is 72.0 Å². The van der Waals surface area contributed by atoms with Crippen LogP contribution in [0.3, 0.4) is 0 Å². The van der Waals surface area contributed by atoms with Crippen molar-refractivity contribution in [2.24, 2.45) is 11.0 Å². The third kappa shape index (κ3) is 11.3. The molecule has 1 atom stereocenters. The first-order chi connectivity index (χ1) is 16.9. The molecular formula is C26H38ClN7O. The van der Waals surface area contributed by atoms with Crippen LogP contribution in [0.4, 0.5) is 11.4 Å². The fraction of sp³-hybridized carbons (Fsp3) is 0.385. The van der Waals surface area contributed by atoms with E-state index < -0.39 is 0 Å². The van der Waals surface area contributed by atoms with Crippen LogP contribution in [0.25, 0.3) is 0 Å². The van der Waals surface area contributed by atoms with E-state index in [2.05, 4.69) is 50.4 Å². The van der Waals surface area contributed by atoms with Gasteiger partial charge in [0.2, 0.25) is 5.91 Å². The van der Waals surface area contributed by atoms with Crippen molar-refractivity contribution < 1.29 is 4.79 Å². The van der Waals surface area contributed by atoms with Gasteiger partial charge in [-0.2, -0.15) is 5.10 Å². The number of rotatable bonds is 11.